The Hall–Kier alpha value is -2.89. The molecule has 0 unspecified atom stereocenters. The minimum absolute atomic E-state index is 0.0159. The number of carbonyl (C=O) groups excluding carboxylic acids is 1. The summed E-state index contributed by atoms with van der Waals surface area (Å²) in [6, 6.07) is 7.89. The monoisotopic (exact) mass is 450 g/mol. The molecular weight excluding hydrogens is 426 g/mol. The van der Waals surface area contributed by atoms with Crippen LogP contribution in [-0.2, 0) is 10.0 Å². The first kappa shape index (κ1) is 24.4. The molecule has 0 saturated carbocycles. The summed E-state index contributed by atoms with van der Waals surface area (Å²) in [6.45, 7) is 4.00. The van der Waals surface area contributed by atoms with Gasteiger partial charge in [0.15, 0.2) is 0 Å². The Balaban J connectivity index is 0.00000166. The Bertz CT molecular complexity index is 1190. The van der Waals surface area contributed by atoms with Crippen molar-refractivity contribution in [1.29, 1.82) is 0 Å². The van der Waals surface area contributed by atoms with E-state index in [0.717, 1.165) is 10.6 Å². The molecule has 0 fully saturated rings. The topological polar surface area (TPSA) is 120 Å². The smallest absolute Gasteiger partial charge is 0.455 e. The molecule has 0 radical (unpaired) electrons. The van der Waals surface area contributed by atoms with E-state index in [-0.39, 0.29) is 33.4 Å². The van der Waals surface area contributed by atoms with Crippen LogP contribution in [0.2, 0.25) is 0 Å². The molecule has 0 aliphatic heterocycles. The SMILES string of the molecule is CC.CNC(=O)c1c(-c2ccc(F)cc2)oc2cc(N(C)S(C)(=O)=O)c(B(O)O)cc12. The average molecular weight is 450 g/mol. The molecule has 2 aromatic carbocycles. The van der Waals surface area contributed by atoms with Gasteiger partial charge in [0.25, 0.3) is 5.91 Å². The minimum Gasteiger partial charge on any atom is -0.455 e. The third kappa shape index (κ3) is 4.89. The standard InChI is InChI=1S/C18H18BFN2O6S.C2H6/c1-21-18(23)16-12-8-13(19(24)25)14(22(2)29(3,26)27)9-15(12)28-17(16)10-4-6-11(20)7-5-10;1-2/h4-9,24-25H,1-3H3,(H,21,23);1-2H3. The number of rotatable bonds is 5. The van der Waals surface area contributed by atoms with Crippen LogP contribution in [0.4, 0.5) is 10.1 Å². The second-order valence-electron chi connectivity index (χ2n) is 6.40. The molecule has 0 aliphatic carbocycles. The quantitative estimate of drug-likeness (QED) is 0.509. The number of benzene rings is 2. The number of halogens is 1. The predicted octanol–water partition coefficient (Wildman–Crippen LogP) is 1.70. The van der Waals surface area contributed by atoms with E-state index in [0.29, 0.717) is 5.56 Å². The number of sulfonamides is 1. The molecule has 1 heterocycles. The molecule has 3 aromatic rings. The van der Waals surface area contributed by atoms with Gasteiger partial charge in [0.05, 0.1) is 17.5 Å². The van der Waals surface area contributed by atoms with E-state index in [2.05, 4.69) is 5.32 Å². The van der Waals surface area contributed by atoms with Crippen molar-refractivity contribution in [3.05, 3.63) is 47.8 Å². The van der Waals surface area contributed by atoms with E-state index in [9.17, 15) is 27.7 Å². The van der Waals surface area contributed by atoms with Crippen LogP contribution in [0.5, 0.6) is 0 Å². The molecule has 0 spiro atoms. The van der Waals surface area contributed by atoms with E-state index in [4.69, 9.17) is 4.42 Å². The van der Waals surface area contributed by atoms with Gasteiger partial charge in [-0.1, -0.05) is 13.8 Å². The van der Waals surface area contributed by atoms with Gasteiger partial charge in [0.1, 0.15) is 17.2 Å². The summed E-state index contributed by atoms with van der Waals surface area (Å²) in [4.78, 5) is 12.5. The van der Waals surface area contributed by atoms with Crippen LogP contribution in [0.15, 0.2) is 40.8 Å². The summed E-state index contributed by atoms with van der Waals surface area (Å²) in [7, 11) is -3.04. The molecule has 31 heavy (non-hydrogen) atoms. The zero-order chi connectivity index (χ0) is 23.5. The Labute approximate surface area is 180 Å². The Kier molecular flexibility index (Phi) is 7.47. The van der Waals surface area contributed by atoms with Gasteiger partial charge in [-0.05, 0) is 30.3 Å². The van der Waals surface area contributed by atoms with Crippen molar-refractivity contribution in [3.63, 3.8) is 0 Å². The summed E-state index contributed by atoms with van der Waals surface area (Å²) in [5.41, 5.74) is 0.535. The number of nitrogens with zero attached hydrogens (tertiary/aromatic N) is 1. The molecular formula is C20H24BFN2O6S. The van der Waals surface area contributed by atoms with Crippen LogP contribution in [-0.4, -0.2) is 51.8 Å². The summed E-state index contributed by atoms with van der Waals surface area (Å²) in [5.74, 6) is -0.836. The molecule has 0 aliphatic rings. The maximum Gasteiger partial charge on any atom is 0.490 e. The summed E-state index contributed by atoms with van der Waals surface area (Å²) in [5, 5.41) is 22.3. The highest BCUT2D eigenvalue weighted by molar-refractivity contribution is 7.92. The third-order valence-electron chi connectivity index (χ3n) is 4.51. The lowest BCUT2D eigenvalue weighted by Gasteiger charge is -2.20. The van der Waals surface area contributed by atoms with Gasteiger partial charge >= 0.3 is 7.12 Å². The zero-order valence-corrected chi connectivity index (χ0v) is 18.6. The minimum atomic E-state index is -3.71. The number of carbonyl (C=O) groups is 1. The van der Waals surface area contributed by atoms with Crippen molar-refractivity contribution >= 4 is 45.2 Å². The highest BCUT2D eigenvalue weighted by Gasteiger charge is 2.28. The number of amides is 1. The van der Waals surface area contributed by atoms with Crippen LogP contribution >= 0.6 is 0 Å². The normalized spacial score (nSPS) is 11.0. The van der Waals surface area contributed by atoms with Crippen molar-refractivity contribution < 1.29 is 32.1 Å². The van der Waals surface area contributed by atoms with Gasteiger partial charge in [0, 0.05) is 36.6 Å². The van der Waals surface area contributed by atoms with Gasteiger partial charge in [-0.3, -0.25) is 9.10 Å². The molecule has 3 N–H and O–H groups in total. The lowest BCUT2D eigenvalue weighted by atomic mass is 9.78. The first-order valence-corrected chi connectivity index (χ1v) is 11.3. The lowest BCUT2D eigenvalue weighted by Crippen LogP contribution is -2.37. The molecule has 0 bridgehead atoms. The third-order valence-corrected chi connectivity index (χ3v) is 5.70. The van der Waals surface area contributed by atoms with Crippen LogP contribution in [0.3, 0.4) is 0 Å². The van der Waals surface area contributed by atoms with Crippen molar-refractivity contribution in [2.24, 2.45) is 0 Å². The second-order valence-corrected chi connectivity index (χ2v) is 8.42. The van der Waals surface area contributed by atoms with Crippen molar-refractivity contribution in [2.75, 3.05) is 24.7 Å². The second kappa shape index (κ2) is 9.50. The molecule has 1 aromatic heterocycles. The molecule has 166 valence electrons. The Morgan fingerprint density at radius 3 is 2.23 bits per heavy atom. The van der Waals surface area contributed by atoms with E-state index < -0.39 is 28.9 Å². The fraction of sp³-hybridized carbons (Fsp3) is 0.250. The zero-order valence-electron chi connectivity index (χ0n) is 17.8. The van der Waals surface area contributed by atoms with Gasteiger partial charge < -0.3 is 19.8 Å². The maximum atomic E-state index is 13.3. The predicted molar refractivity (Wildman–Crippen MR) is 119 cm³/mol. The van der Waals surface area contributed by atoms with Crippen LogP contribution < -0.4 is 15.1 Å². The number of hydrogen-bond donors (Lipinski definition) is 3. The lowest BCUT2D eigenvalue weighted by molar-refractivity contribution is 0.0964. The number of nitrogens with one attached hydrogen (secondary N) is 1. The van der Waals surface area contributed by atoms with Crippen molar-refractivity contribution in [2.45, 2.75) is 13.8 Å². The molecule has 0 atom stereocenters. The summed E-state index contributed by atoms with van der Waals surface area (Å²) < 4.78 is 43.9. The fourth-order valence-electron chi connectivity index (χ4n) is 2.96. The van der Waals surface area contributed by atoms with Gasteiger partial charge in [-0.25, -0.2) is 12.8 Å². The Morgan fingerprint density at radius 1 is 1.16 bits per heavy atom. The maximum absolute atomic E-state index is 13.3. The van der Waals surface area contributed by atoms with Gasteiger partial charge in [-0.15, -0.1) is 0 Å². The number of hydrogen-bond acceptors (Lipinski definition) is 6. The van der Waals surface area contributed by atoms with Crippen LogP contribution in [0.25, 0.3) is 22.3 Å². The first-order chi connectivity index (χ1) is 14.5. The van der Waals surface area contributed by atoms with Gasteiger partial charge in [-0.2, -0.15) is 0 Å². The van der Waals surface area contributed by atoms with Crippen LogP contribution in [0.1, 0.15) is 24.2 Å². The van der Waals surface area contributed by atoms with E-state index in [1.807, 2.05) is 13.8 Å². The molecule has 11 heteroatoms. The largest absolute Gasteiger partial charge is 0.490 e. The fourth-order valence-corrected chi connectivity index (χ4v) is 3.48. The molecule has 8 nitrogen and oxygen atoms in total. The summed E-state index contributed by atoms with van der Waals surface area (Å²) in [6.07, 6.45) is 0.965. The number of furan rings is 1. The van der Waals surface area contributed by atoms with E-state index in [1.54, 1.807) is 0 Å². The van der Waals surface area contributed by atoms with Gasteiger partial charge in [0.2, 0.25) is 10.0 Å². The highest BCUT2D eigenvalue weighted by Crippen LogP contribution is 2.35. The average Bonchev–Trinajstić information content (AvgIpc) is 3.11. The molecule has 3 rings (SSSR count). The van der Waals surface area contributed by atoms with Crippen LogP contribution in [0, 0.1) is 5.82 Å². The van der Waals surface area contributed by atoms with Crippen molar-refractivity contribution in [3.8, 4) is 11.3 Å². The molecule has 1 amide bonds. The Morgan fingerprint density at radius 2 is 1.74 bits per heavy atom. The van der Waals surface area contributed by atoms with E-state index in [1.165, 1.54) is 50.5 Å². The number of anilines is 1. The molecule has 0 saturated heterocycles. The van der Waals surface area contributed by atoms with Crippen molar-refractivity contribution in [1.82, 2.24) is 5.32 Å². The summed E-state index contributed by atoms with van der Waals surface area (Å²) >= 11 is 0. The van der Waals surface area contributed by atoms with E-state index >= 15 is 0 Å². The highest BCUT2D eigenvalue weighted by atomic mass is 32.2. The number of fused-ring (bicyclic) bond motifs is 1. The first-order valence-electron chi connectivity index (χ1n) is 9.43.